The lowest BCUT2D eigenvalue weighted by atomic mass is 10.00. The van der Waals surface area contributed by atoms with Gasteiger partial charge in [-0.05, 0) is 47.9 Å². The van der Waals surface area contributed by atoms with E-state index in [2.05, 4.69) is 30.3 Å². The number of carbonyl (C=O) groups is 2. The molecule has 2 aliphatic rings. The lowest BCUT2D eigenvalue weighted by Crippen LogP contribution is -2.48. The zero-order chi connectivity index (χ0) is 16.7. The van der Waals surface area contributed by atoms with Crippen LogP contribution in [0.1, 0.15) is 37.2 Å². The van der Waals surface area contributed by atoms with Crippen molar-refractivity contribution >= 4 is 22.6 Å². The molecule has 1 N–H and O–H groups in total. The van der Waals surface area contributed by atoms with E-state index < -0.39 is 12.0 Å². The molecule has 3 unspecified atom stereocenters. The Labute approximate surface area is 141 Å². The van der Waals surface area contributed by atoms with Gasteiger partial charge in [0.1, 0.15) is 6.04 Å². The zero-order valence-corrected chi connectivity index (χ0v) is 13.5. The third-order valence-electron chi connectivity index (χ3n) is 5.38. The Morgan fingerprint density at radius 1 is 1.04 bits per heavy atom. The highest BCUT2D eigenvalue weighted by atomic mass is 16.4. The van der Waals surface area contributed by atoms with Crippen LogP contribution in [0.4, 0.5) is 0 Å². The maximum absolute atomic E-state index is 12.8. The average molecular weight is 323 g/mol. The van der Waals surface area contributed by atoms with E-state index in [9.17, 15) is 14.7 Å². The van der Waals surface area contributed by atoms with Gasteiger partial charge in [-0.15, -0.1) is 0 Å². The van der Waals surface area contributed by atoms with Gasteiger partial charge in [0.15, 0.2) is 0 Å². The molecule has 3 atom stereocenters. The van der Waals surface area contributed by atoms with Crippen molar-refractivity contribution < 1.29 is 14.7 Å². The van der Waals surface area contributed by atoms with Crippen molar-refractivity contribution in [2.75, 3.05) is 6.54 Å². The van der Waals surface area contributed by atoms with Crippen LogP contribution < -0.4 is 0 Å². The highest BCUT2D eigenvalue weighted by molar-refractivity contribution is 5.89. The molecule has 0 radical (unpaired) electrons. The number of nitrogens with zero attached hydrogens (tertiary/aromatic N) is 1. The topological polar surface area (TPSA) is 57.6 Å². The Morgan fingerprint density at radius 2 is 1.83 bits per heavy atom. The summed E-state index contributed by atoms with van der Waals surface area (Å²) < 4.78 is 0. The largest absolute Gasteiger partial charge is 0.480 e. The highest BCUT2D eigenvalue weighted by Gasteiger charge is 2.48. The van der Waals surface area contributed by atoms with Gasteiger partial charge >= 0.3 is 5.97 Å². The second kappa shape index (κ2) is 5.93. The van der Waals surface area contributed by atoms with E-state index in [1.54, 1.807) is 4.90 Å². The summed E-state index contributed by atoms with van der Waals surface area (Å²) in [6.07, 6.45) is 3.21. The summed E-state index contributed by atoms with van der Waals surface area (Å²) >= 11 is 0. The third-order valence-corrected chi connectivity index (χ3v) is 5.38. The fraction of sp³-hybridized carbons (Fsp3) is 0.400. The van der Waals surface area contributed by atoms with E-state index >= 15 is 0 Å². The van der Waals surface area contributed by atoms with Crippen LogP contribution in [-0.2, 0) is 9.59 Å². The molecule has 1 heterocycles. The summed E-state index contributed by atoms with van der Waals surface area (Å²) in [4.78, 5) is 25.8. The van der Waals surface area contributed by atoms with E-state index in [0.717, 1.165) is 19.3 Å². The second-order valence-corrected chi connectivity index (χ2v) is 6.94. The Kier molecular flexibility index (Phi) is 3.75. The number of benzene rings is 2. The Morgan fingerprint density at radius 3 is 2.62 bits per heavy atom. The van der Waals surface area contributed by atoms with Gasteiger partial charge in [0.05, 0.1) is 0 Å². The van der Waals surface area contributed by atoms with E-state index in [1.807, 2.05) is 12.1 Å². The zero-order valence-electron chi connectivity index (χ0n) is 13.5. The molecule has 1 saturated heterocycles. The number of fused-ring (bicyclic) bond motifs is 1. The average Bonchev–Trinajstić information content (AvgIpc) is 3.41. The molecule has 1 amide bonds. The fourth-order valence-electron chi connectivity index (χ4n) is 3.94. The minimum Gasteiger partial charge on any atom is -0.480 e. The maximum atomic E-state index is 12.8. The number of likely N-dealkylation sites (tertiary alicyclic amines) is 1. The number of amides is 1. The molecule has 1 saturated carbocycles. The lowest BCUT2D eigenvalue weighted by Gasteiger charge is -2.33. The molecule has 1 aliphatic heterocycles. The second-order valence-electron chi connectivity index (χ2n) is 6.94. The molecule has 2 aromatic carbocycles. The van der Waals surface area contributed by atoms with E-state index in [4.69, 9.17) is 0 Å². The summed E-state index contributed by atoms with van der Waals surface area (Å²) in [5.74, 6) is -0.657. The number of rotatable bonds is 3. The van der Waals surface area contributed by atoms with Gasteiger partial charge in [0.2, 0.25) is 5.91 Å². The molecule has 2 fully saturated rings. The minimum atomic E-state index is -0.869. The van der Waals surface area contributed by atoms with E-state index in [0.29, 0.717) is 13.0 Å². The van der Waals surface area contributed by atoms with Crippen molar-refractivity contribution in [3.05, 3.63) is 48.0 Å². The van der Waals surface area contributed by atoms with Crippen molar-refractivity contribution in [3.8, 4) is 0 Å². The van der Waals surface area contributed by atoms with Gasteiger partial charge in [-0.3, -0.25) is 4.79 Å². The summed E-state index contributed by atoms with van der Waals surface area (Å²) in [5, 5.41) is 11.8. The molecular weight excluding hydrogens is 302 g/mol. The van der Waals surface area contributed by atoms with Gasteiger partial charge in [-0.2, -0.15) is 0 Å². The Hall–Kier alpha value is -2.36. The van der Waals surface area contributed by atoms with Crippen LogP contribution in [0.3, 0.4) is 0 Å². The van der Waals surface area contributed by atoms with Crippen molar-refractivity contribution in [1.29, 1.82) is 0 Å². The fourth-order valence-corrected chi connectivity index (χ4v) is 3.94. The van der Waals surface area contributed by atoms with E-state index in [-0.39, 0.29) is 17.7 Å². The number of carboxylic acids is 1. The first kappa shape index (κ1) is 15.2. The number of piperidine rings is 1. The lowest BCUT2D eigenvalue weighted by molar-refractivity contribution is -0.152. The summed E-state index contributed by atoms with van der Waals surface area (Å²) in [6.45, 7) is 0.580. The number of carboxylic acid groups (broad SMARTS) is 1. The number of hydrogen-bond acceptors (Lipinski definition) is 2. The monoisotopic (exact) mass is 323 g/mol. The highest BCUT2D eigenvalue weighted by Crippen LogP contribution is 2.49. The quantitative estimate of drug-likeness (QED) is 0.942. The molecule has 2 aromatic rings. The molecular formula is C20H21NO3. The summed E-state index contributed by atoms with van der Waals surface area (Å²) in [6, 6.07) is 13.9. The van der Waals surface area contributed by atoms with Crippen LogP contribution >= 0.6 is 0 Å². The summed E-state index contributed by atoms with van der Waals surface area (Å²) in [5.41, 5.74) is 1.19. The molecule has 0 spiro atoms. The van der Waals surface area contributed by atoms with Crippen LogP contribution in [0.25, 0.3) is 10.8 Å². The number of carbonyl (C=O) groups excluding carboxylic acids is 1. The van der Waals surface area contributed by atoms with Gasteiger partial charge in [0.25, 0.3) is 0 Å². The molecule has 4 rings (SSSR count). The maximum Gasteiger partial charge on any atom is 0.326 e. The van der Waals surface area contributed by atoms with Crippen molar-refractivity contribution in [2.45, 2.75) is 37.6 Å². The SMILES string of the molecule is O=C(O)C1CCCCN1C(=O)C1CC1c1ccc2ccccc2c1. The van der Waals surface area contributed by atoms with Crippen LogP contribution in [0.15, 0.2) is 42.5 Å². The normalized spacial score (nSPS) is 26.3. The van der Waals surface area contributed by atoms with Crippen LogP contribution in [0.2, 0.25) is 0 Å². The van der Waals surface area contributed by atoms with Crippen molar-refractivity contribution in [3.63, 3.8) is 0 Å². The first-order valence-corrected chi connectivity index (χ1v) is 8.67. The molecule has 1 aliphatic carbocycles. The molecule has 0 aromatic heterocycles. The number of aliphatic carboxylic acids is 1. The molecule has 0 bridgehead atoms. The van der Waals surface area contributed by atoms with Gasteiger partial charge in [-0.1, -0.05) is 42.5 Å². The predicted octanol–water partition coefficient (Wildman–Crippen LogP) is 3.41. The van der Waals surface area contributed by atoms with Gasteiger partial charge in [0, 0.05) is 12.5 Å². The van der Waals surface area contributed by atoms with Gasteiger partial charge < -0.3 is 10.0 Å². The first-order chi connectivity index (χ1) is 11.6. The van der Waals surface area contributed by atoms with Crippen LogP contribution in [-0.4, -0.2) is 34.5 Å². The van der Waals surface area contributed by atoms with E-state index in [1.165, 1.54) is 16.3 Å². The molecule has 4 heteroatoms. The van der Waals surface area contributed by atoms with Crippen LogP contribution in [0.5, 0.6) is 0 Å². The predicted molar refractivity (Wildman–Crippen MR) is 91.8 cm³/mol. The molecule has 124 valence electrons. The third kappa shape index (κ3) is 2.66. The Balaban J connectivity index is 1.52. The minimum absolute atomic E-state index is 0.0280. The van der Waals surface area contributed by atoms with Crippen molar-refractivity contribution in [2.24, 2.45) is 5.92 Å². The first-order valence-electron chi connectivity index (χ1n) is 8.67. The van der Waals surface area contributed by atoms with Gasteiger partial charge in [-0.25, -0.2) is 4.79 Å². The standard InChI is InChI=1S/C20H21NO3/c22-19(21-10-4-3-7-18(21)20(23)24)17-12-16(17)15-9-8-13-5-1-2-6-14(13)11-15/h1-2,5-6,8-9,11,16-18H,3-4,7,10,12H2,(H,23,24). The smallest absolute Gasteiger partial charge is 0.326 e. The Bertz CT molecular complexity index is 800. The number of hydrogen-bond donors (Lipinski definition) is 1. The molecule has 4 nitrogen and oxygen atoms in total. The van der Waals surface area contributed by atoms with Crippen LogP contribution in [0, 0.1) is 5.92 Å². The van der Waals surface area contributed by atoms with Crippen molar-refractivity contribution in [1.82, 2.24) is 4.90 Å². The summed E-state index contributed by atoms with van der Waals surface area (Å²) in [7, 11) is 0. The molecule has 24 heavy (non-hydrogen) atoms.